The number of aromatic nitrogens is 2. The molecule has 0 amide bonds. The predicted octanol–water partition coefficient (Wildman–Crippen LogP) is 1.87. The van der Waals surface area contributed by atoms with E-state index in [9.17, 15) is 0 Å². The van der Waals surface area contributed by atoms with Crippen LogP contribution in [0.2, 0.25) is 0 Å². The van der Waals surface area contributed by atoms with E-state index in [1.54, 1.807) is 7.11 Å². The molecule has 0 saturated carbocycles. The van der Waals surface area contributed by atoms with Crippen LogP contribution in [0.25, 0.3) is 0 Å². The number of aryl methyl sites for hydroxylation is 3. The summed E-state index contributed by atoms with van der Waals surface area (Å²) in [6.07, 6.45) is 5.79. The molecule has 0 aliphatic carbocycles. The zero-order valence-corrected chi connectivity index (χ0v) is 12.3. The van der Waals surface area contributed by atoms with E-state index in [1.165, 1.54) is 11.1 Å². The van der Waals surface area contributed by atoms with Gasteiger partial charge in [-0.3, -0.25) is 16.0 Å². The molecule has 3 N–H and O–H groups in total. The van der Waals surface area contributed by atoms with Gasteiger partial charge in [-0.2, -0.15) is 5.10 Å². The van der Waals surface area contributed by atoms with Crippen LogP contribution < -0.4 is 16.0 Å². The Morgan fingerprint density at radius 2 is 2.25 bits per heavy atom. The molecule has 1 atom stereocenters. The highest BCUT2D eigenvalue weighted by Gasteiger charge is 2.12. The first-order valence-corrected chi connectivity index (χ1v) is 6.72. The molecule has 20 heavy (non-hydrogen) atoms. The molecule has 1 unspecified atom stereocenters. The third-order valence-corrected chi connectivity index (χ3v) is 3.50. The number of benzene rings is 1. The number of nitrogens with one attached hydrogen (secondary N) is 1. The number of nitrogens with two attached hydrogens (primary N) is 1. The number of hydrogen-bond donors (Lipinski definition) is 2. The van der Waals surface area contributed by atoms with Gasteiger partial charge in [-0.05, 0) is 42.5 Å². The third kappa shape index (κ3) is 3.37. The van der Waals surface area contributed by atoms with Gasteiger partial charge in [-0.15, -0.1) is 0 Å². The van der Waals surface area contributed by atoms with Crippen molar-refractivity contribution in [2.75, 3.05) is 7.11 Å². The fourth-order valence-corrected chi connectivity index (χ4v) is 2.38. The molecule has 0 aliphatic rings. The number of ether oxygens (including phenoxy) is 1. The summed E-state index contributed by atoms with van der Waals surface area (Å²) in [4.78, 5) is 0. The lowest BCUT2D eigenvalue weighted by Crippen LogP contribution is -2.28. The molecule has 108 valence electrons. The summed E-state index contributed by atoms with van der Waals surface area (Å²) >= 11 is 0. The van der Waals surface area contributed by atoms with Gasteiger partial charge in [0.05, 0.1) is 13.3 Å². The van der Waals surface area contributed by atoms with E-state index in [-0.39, 0.29) is 6.04 Å². The van der Waals surface area contributed by atoms with Gasteiger partial charge in [-0.25, -0.2) is 0 Å². The Bertz CT molecular complexity index is 565. The zero-order chi connectivity index (χ0) is 14.5. The second-order valence-corrected chi connectivity index (χ2v) is 5.01. The maximum absolute atomic E-state index is 5.69. The van der Waals surface area contributed by atoms with Gasteiger partial charge >= 0.3 is 0 Å². The van der Waals surface area contributed by atoms with Gasteiger partial charge in [0.2, 0.25) is 0 Å². The highest BCUT2D eigenvalue weighted by molar-refractivity contribution is 5.37. The van der Waals surface area contributed by atoms with Crippen molar-refractivity contribution < 1.29 is 4.74 Å². The van der Waals surface area contributed by atoms with E-state index in [4.69, 9.17) is 10.6 Å². The van der Waals surface area contributed by atoms with Crippen molar-refractivity contribution >= 4 is 0 Å². The van der Waals surface area contributed by atoms with E-state index in [1.807, 2.05) is 37.1 Å². The van der Waals surface area contributed by atoms with Crippen molar-refractivity contribution in [3.05, 3.63) is 47.3 Å². The molecule has 2 rings (SSSR count). The van der Waals surface area contributed by atoms with E-state index in [0.29, 0.717) is 0 Å². The second-order valence-electron chi connectivity index (χ2n) is 5.01. The summed E-state index contributed by atoms with van der Waals surface area (Å²) in [5.41, 5.74) is 6.41. The number of nitrogens with zero attached hydrogens (tertiary/aromatic N) is 2. The van der Waals surface area contributed by atoms with Crippen molar-refractivity contribution in [2.45, 2.75) is 25.8 Å². The van der Waals surface area contributed by atoms with Crippen LogP contribution in [0.1, 0.15) is 29.2 Å². The van der Waals surface area contributed by atoms with Crippen LogP contribution in [0, 0.1) is 6.92 Å². The molecule has 1 aromatic carbocycles. The van der Waals surface area contributed by atoms with Crippen LogP contribution in [0.5, 0.6) is 5.75 Å². The lowest BCUT2D eigenvalue weighted by Gasteiger charge is -2.17. The first-order chi connectivity index (χ1) is 9.63. The molecular weight excluding hydrogens is 252 g/mol. The molecule has 0 radical (unpaired) electrons. The lowest BCUT2D eigenvalue weighted by molar-refractivity contribution is 0.411. The van der Waals surface area contributed by atoms with E-state index in [0.717, 1.165) is 24.2 Å². The average molecular weight is 274 g/mol. The number of hydrazine groups is 1. The van der Waals surface area contributed by atoms with Crippen molar-refractivity contribution in [1.82, 2.24) is 15.2 Å². The quantitative estimate of drug-likeness (QED) is 0.623. The zero-order valence-electron chi connectivity index (χ0n) is 12.3. The van der Waals surface area contributed by atoms with Gasteiger partial charge in [0.25, 0.3) is 0 Å². The highest BCUT2D eigenvalue weighted by Crippen LogP contribution is 2.24. The normalized spacial score (nSPS) is 12.4. The SMILES string of the molecule is COc1ccc(C(CCc2cnn(C)c2)NN)cc1C. The van der Waals surface area contributed by atoms with E-state index >= 15 is 0 Å². The van der Waals surface area contributed by atoms with Gasteiger partial charge in [0.15, 0.2) is 0 Å². The molecule has 0 saturated heterocycles. The van der Waals surface area contributed by atoms with E-state index in [2.05, 4.69) is 22.7 Å². The molecule has 0 aliphatic heterocycles. The molecular formula is C15H22N4O. The maximum atomic E-state index is 5.69. The smallest absolute Gasteiger partial charge is 0.121 e. The summed E-state index contributed by atoms with van der Waals surface area (Å²) in [7, 11) is 3.61. The lowest BCUT2D eigenvalue weighted by atomic mass is 9.99. The Labute approximate surface area is 119 Å². The van der Waals surface area contributed by atoms with Crippen LogP contribution >= 0.6 is 0 Å². The highest BCUT2D eigenvalue weighted by atomic mass is 16.5. The molecule has 0 spiro atoms. The summed E-state index contributed by atoms with van der Waals surface area (Å²) < 4.78 is 7.10. The molecule has 0 fully saturated rings. The number of hydrogen-bond acceptors (Lipinski definition) is 4. The summed E-state index contributed by atoms with van der Waals surface area (Å²) in [6, 6.07) is 6.28. The van der Waals surface area contributed by atoms with Gasteiger partial charge in [0.1, 0.15) is 5.75 Å². The maximum Gasteiger partial charge on any atom is 0.121 e. The summed E-state index contributed by atoms with van der Waals surface area (Å²) in [5.74, 6) is 6.59. The Morgan fingerprint density at radius 3 is 2.80 bits per heavy atom. The Morgan fingerprint density at radius 1 is 1.45 bits per heavy atom. The number of methoxy groups -OCH3 is 1. The Kier molecular flexibility index (Phi) is 4.76. The molecule has 5 nitrogen and oxygen atoms in total. The fraction of sp³-hybridized carbons (Fsp3) is 0.400. The first-order valence-electron chi connectivity index (χ1n) is 6.72. The summed E-state index contributed by atoms with van der Waals surface area (Å²) in [6.45, 7) is 2.04. The van der Waals surface area contributed by atoms with Crippen LogP contribution in [-0.4, -0.2) is 16.9 Å². The third-order valence-electron chi connectivity index (χ3n) is 3.50. The van der Waals surface area contributed by atoms with Crippen LogP contribution in [0.3, 0.4) is 0 Å². The Hall–Kier alpha value is -1.85. The molecule has 0 bridgehead atoms. The van der Waals surface area contributed by atoms with E-state index < -0.39 is 0 Å². The monoisotopic (exact) mass is 274 g/mol. The topological polar surface area (TPSA) is 65.1 Å². The fourth-order valence-electron chi connectivity index (χ4n) is 2.38. The Balaban J connectivity index is 2.06. The minimum atomic E-state index is 0.125. The minimum absolute atomic E-state index is 0.125. The van der Waals surface area contributed by atoms with Crippen molar-refractivity contribution in [3.63, 3.8) is 0 Å². The average Bonchev–Trinajstić information content (AvgIpc) is 2.85. The van der Waals surface area contributed by atoms with Crippen molar-refractivity contribution in [1.29, 1.82) is 0 Å². The number of rotatable bonds is 6. The van der Waals surface area contributed by atoms with Crippen molar-refractivity contribution in [3.8, 4) is 5.75 Å². The standard InChI is InChI=1S/C15H22N4O/c1-11-8-13(5-7-15(11)20-3)14(18-16)6-4-12-9-17-19(2)10-12/h5,7-10,14,18H,4,6,16H2,1-3H3. The molecule has 5 heteroatoms. The van der Waals surface area contributed by atoms with Gasteiger partial charge in [0, 0.05) is 19.3 Å². The summed E-state index contributed by atoms with van der Waals surface area (Å²) in [5, 5.41) is 4.18. The second kappa shape index (κ2) is 6.54. The predicted molar refractivity (Wildman–Crippen MR) is 79.3 cm³/mol. The van der Waals surface area contributed by atoms with Gasteiger partial charge < -0.3 is 4.74 Å². The van der Waals surface area contributed by atoms with Gasteiger partial charge in [-0.1, -0.05) is 12.1 Å². The van der Waals surface area contributed by atoms with Crippen molar-refractivity contribution in [2.24, 2.45) is 12.9 Å². The molecule has 1 heterocycles. The van der Waals surface area contributed by atoms with Crippen LogP contribution in [-0.2, 0) is 13.5 Å². The van der Waals surface area contributed by atoms with Crippen LogP contribution in [0.4, 0.5) is 0 Å². The first kappa shape index (κ1) is 14.6. The molecule has 2 aromatic rings. The molecule has 1 aromatic heterocycles. The largest absolute Gasteiger partial charge is 0.496 e. The van der Waals surface area contributed by atoms with Crippen LogP contribution in [0.15, 0.2) is 30.6 Å². The minimum Gasteiger partial charge on any atom is -0.496 e.